The summed E-state index contributed by atoms with van der Waals surface area (Å²) >= 11 is 1.27. The molecule has 0 radical (unpaired) electrons. The molecule has 28 heavy (non-hydrogen) atoms. The maximum absolute atomic E-state index is 12.9. The summed E-state index contributed by atoms with van der Waals surface area (Å²) in [5.74, 6) is -1.45. The molecule has 0 bridgehead atoms. The molecular weight excluding hydrogens is 383 g/mol. The smallest absolute Gasteiger partial charge is 0.335 e. The molecule has 0 saturated carbocycles. The van der Waals surface area contributed by atoms with Gasteiger partial charge >= 0.3 is 5.97 Å². The highest BCUT2D eigenvalue weighted by molar-refractivity contribution is 7.98. The molecule has 1 heterocycles. The molecule has 0 spiro atoms. The molecule has 0 unspecified atom stereocenters. The van der Waals surface area contributed by atoms with Crippen LogP contribution in [0.1, 0.15) is 26.3 Å². The highest BCUT2D eigenvalue weighted by Gasteiger charge is 2.13. The summed E-state index contributed by atoms with van der Waals surface area (Å²) < 4.78 is 12.9. The van der Waals surface area contributed by atoms with Crippen molar-refractivity contribution < 1.29 is 19.1 Å². The number of rotatable bonds is 6. The van der Waals surface area contributed by atoms with Crippen molar-refractivity contribution in [3.8, 4) is 0 Å². The highest BCUT2D eigenvalue weighted by atomic mass is 32.2. The number of halogens is 1. The van der Waals surface area contributed by atoms with E-state index in [1.165, 1.54) is 48.3 Å². The van der Waals surface area contributed by atoms with Crippen LogP contribution in [0.4, 0.5) is 15.9 Å². The summed E-state index contributed by atoms with van der Waals surface area (Å²) in [5.41, 5.74) is 7.38. The van der Waals surface area contributed by atoms with Crippen molar-refractivity contribution in [1.29, 1.82) is 0 Å². The third-order valence-electron chi connectivity index (χ3n) is 3.68. The minimum Gasteiger partial charge on any atom is -0.478 e. The van der Waals surface area contributed by atoms with Crippen LogP contribution in [-0.4, -0.2) is 27.0 Å². The fraction of sp³-hybridized carbons (Fsp3) is 0.0526. The summed E-state index contributed by atoms with van der Waals surface area (Å²) in [7, 11) is 0. The molecule has 0 aliphatic carbocycles. The largest absolute Gasteiger partial charge is 0.478 e. The molecule has 9 heteroatoms. The van der Waals surface area contributed by atoms with E-state index >= 15 is 0 Å². The van der Waals surface area contributed by atoms with Gasteiger partial charge in [-0.05, 0) is 42.0 Å². The van der Waals surface area contributed by atoms with E-state index in [0.717, 1.165) is 5.56 Å². The second kappa shape index (κ2) is 8.49. The Kier molecular flexibility index (Phi) is 5.85. The lowest BCUT2D eigenvalue weighted by molar-refractivity contribution is 0.0696. The first-order valence-corrected chi connectivity index (χ1v) is 9.05. The Morgan fingerprint density at radius 1 is 1.18 bits per heavy atom. The molecule has 1 aromatic heterocycles. The molecule has 0 aliphatic heterocycles. The fourth-order valence-corrected chi connectivity index (χ4v) is 3.06. The lowest BCUT2D eigenvalue weighted by Crippen LogP contribution is -2.15. The van der Waals surface area contributed by atoms with Crippen LogP contribution in [0.15, 0.2) is 59.9 Å². The Morgan fingerprint density at radius 2 is 1.93 bits per heavy atom. The quantitative estimate of drug-likeness (QED) is 0.430. The first-order chi connectivity index (χ1) is 13.4. The number of thioether (sulfide) groups is 1. The van der Waals surface area contributed by atoms with E-state index in [9.17, 15) is 14.0 Å². The standard InChI is InChI=1S/C19H15FN4O3S/c20-13-4-6-14(7-5-13)23-17(25)15-9-22-19(24-16(15)21)28-10-11-2-1-3-12(8-11)18(26)27/h1-9H,10H2,(H,23,25)(H,26,27)(H2,21,22,24). The summed E-state index contributed by atoms with van der Waals surface area (Å²) in [4.78, 5) is 31.5. The van der Waals surface area contributed by atoms with Crippen molar-refractivity contribution in [3.63, 3.8) is 0 Å². The maximum atomic E-state index is 12.9. The van der Waals surface area contributed by atoms with Gasteiger partial charge in [0.05, 0.1) is 5.56 Å². The number of carboxylic acids is 1. The number of nitrogen functional groups attached to an aromatic ring is 1. The van der Waals surface area contributed by atoms with Gasteiger partial charge in [-0.3, -0.25) is 4.79 Å². The molecule has 1 amide bonds. The van der Waals surface area contributed by atoms with E-state index in [4.69, 9.17) is 10.8 Å². The van der Waals surface area contributed by atoms with Crippen LogP contribution < -0.4 is 11.1 Å². The molecule has 0 saturated heterocycles. The third kappa shape index (κ3) is 4.83. The molecule has 3 aromatic rings. The number of benzene rings is 2. The third-order valence-corrected chi connectivity index (χ3v) is 4.62. The zero-order valence-electron chi connectivity index (χ0n) is 14.4. The van der Waals surface area contributed by atoms with E-state index in [1.807, 2.05) is 0 Å². The number of nitrogens with one attached hydrogen (secondary N) is 1. The van der Waals surface area contributed by atoms with Crippen molar-refractivity contribution in [2.75, 3.05) is 11.1 Å². The van der Waals surface area contributed by atoms with E-state index in [0.29, 0.717) is 16.6 Å². The second-order valence-corrected chi connectivity index (χ2v) is 6.65. The van der Waals surface area contributed by atoms with Gasteiger partial charge in [-0.15, -0.1) is 0 Å². The Bertz CT molecular complexity index is 1030. The van der Waals surface area contributed by atoms with Gasteiger partial charge in [-0.1, -0.05) is 23.9 Å². The number of nitrogens with zero attached hydrogens (tertiary/aromatic N) is 2. The average molecular weight is 398 g/mol. The molecule has 142 valence electrons. The Hall–Kier alpha value is -3.46. The van der Waals surface area contributed by atoms with Gasteiger partial charge in [-0.25, -0.2) is 19.2 Å². The lowest BCUT2D eigenvalue weighted by Gasteiger charge is -2.08. The topological polar surface area (TPSA) is 118 Å². The summed E-state index contributed by atoms with van der Waals surface area (Å²) in [6, 6.07) is 11.9. The van der Waals surface area contributed by atoms with E-state index < -0.39 is 17.7 Å². The van der Waals surface area contributed by atoms with Crippen LogP contribution in [0.5, 0.6) is 0 Å². The fourth-order valence-electron chi connectivity index (χ4n) is 2.30. The summed E-state index contributed by atoms with van der Waals surface area (Å²) in [5, 5.41) is 12.0. The summed E-state index contributed by atoms with van der Waals surface area (Å²) in [6.45, 7) is 0. The second-order valence-electron chi connectivity index (χ2n) is 5.71. The van der Waals surface area contributed by atoms with Gasteiger partial charge < -0.3 is 16.2 Å². The maximum Gasteiger partial charge on any atom is 0.335 e. The number of carbonyl (C=O) groups excluding carboxylic acids is 1. The van der Waals surface area contributed by atoms with Crippen LogP contribution in [0, 0.1) is 5.82 Å². The number of hydrogen-bond donors (Lipinski definition) is 3. The Morgan fingerprint density at radius 3 is 2.61 bits per heavy atom. The molecular formula is C19H15FN4O3S. The van der Waals surface area contributed by atoms with Crippen LogP contribution in [-0.2, 0) is 5.75 Å². The normalized spacial score (nSPS) is 10.5. The van der Waals surface area contributed by atoms with Crippen molar-refractivity contribution in [1.82, 2.24) is 9.97 Å². The first-order valence-electron chi connectivity index (χ1n) is 8.07. The lowest BCUT2D eigenvalue weighted by atomic mass is 10.1. The van der Waals surface area contributed by atoms with E-state index in [-0.39, 0.29) is 16.9 Å². The molecule has 3 rings (SSSR count). The molecule has 0 aliphatic rings. The van der Waals surface area contributed by atoms with Crippen LogP contribution in [0.2, 0.25) is 0 Å². The van der Waals surface area contributed by atoms with Gasteiger partial charge in [0.2, 0.25) is 0 Å². The van der Waals surface area contributed by atoms with Gasteiger partial charge in [0.25, 0.3) is 5.91 Å². The molecule has 7 nitrogen and oxygen atoms in total. The van der Waals surface area contributed by atoms with E-state index in [1.54, 1.807) is 18.2 Å². The van der Waals surface area contributed by atoms with Crippen LogP contribution >= 0.6 is 11.8 Å². The van der Waals surface area contributed by atoms with Gasteiger partial charge in [0.15, 0.2) is 5.16 Å². The van der Waals surface area contributed by atoms with Crippen LogP contribution in [0.3, 0.4) is 0 Å². The Balaban J connectivity index is 1.66. The number of anilines is 2. The van der Waals surface area contributed by atoms with Gasteiger partial charge in [-0.2, -0.15) is 0 Å². The number of aromatic nitrogens is 2. The highest BCUT2D eigenvalue weighted by Crippen LogP contribution is 2.22. The SMILES string of the molecule is Nc1nc(SCc2cccc(C(=O)O)c2)ncc1C(=O)Nc1ccc(F)cc1. The average Bonchev–Trinajstić information content (AvgIpc) is 2.68. The van der Waals surface area contributed by atoms with Crippen molar-refractivity contribution in [2.24, 2.45) is 0 Å². The number of hydrogen-bond acceptors (Lipinski definition) is 6. The number of carbonyl (C=O) groups is 2. The molecule has 0 atom stereocenters. The van der Waals surface area contributed by atoms with Crippen molar-refractivity contribution in [2.45, 2.75) is 10.9 Å². The van der Waals surface area contributed by atoms with Gasteiger partial charge in [0.1, 0.15) is 17.2 Å². The monoisotopic (exact) mass is 398 g/mol. The van der Waals surface area contributed by atoms with Crippen LogP contribution in [0.25, 0.3) is 0 Å². The molecule has 4 N–H and O–H groups in total. The number of amides is 1. The zero-order chi connectivity index (χ0) is 20.1. The van der Waals surface area contributed by atoms with Gasteiger partial charge in [0, 0.05) is 17.6 Å². The predicted octanol–water partition coefficient (Wildman–Crippen LogP) is 3.44. The summed E-state index contributed by atoms with van der Waals surface area (Å²) in [6.07, 6.45) is 1.32. The molecule has 2 aromatic carbocycles. The zero-order valence-corrected chi connectivity index (χ0v) is 15.2. The minimum atomic E-state index is -0.996. The Labute approximate surface area is 163 Å². The van der Waals surface area contributed by atoms with Crippen molar-refractivity contribution in [3.05, 3.63) is 77.2 Å². The number of carboxylic acid groups (broad SMARTS) is 1. The molecule has 0 fully saturated rings. The number of nitrogens with two attached hydrogens (primary N) is 1. The predicted molar refractivity (Wildman–Crippen MR) is 104 cm³/mol. The van der Waals surface area contributed by atoms with Crippen molar-refractivity contribution >= 4 is 35.1 Å². The van der Waals surface area contributed by atoms with E-state index in [2.05, 4.69) is 15.3 Å². The first kappa shape index (κ1) is 19.3. The number of aromatic carboxylic acids is 1. The minimum absolute atomic E-state index is 0.0106.